The lowest BCUT2D eigenvalue weighted by atomic mass is 9.79. The summed E-state index contributed by atoms with van der Waals surface area (Å²) in [5, 5.41) is 3.61. The minimum Gasteiger partial charge on any atom is -0.381 e. The van der Waals surface area contributed by atoms with Crippen LogP contribution in [0.5, 0.6) is 0 Å². The van der Waals surface area contributed by atoms with E-state index in [1.807, 2.05) is 0 Å². The molecule has 4 heteroatoms. The van der Waals surface area contributed by atoms with Gasteiger partial charge in [-0.3, -0.25) is 4.90 Å². The van der Waals surface area contributed by atoms with Gasteiger partial charge in [0.2, 0.25) is 0 Å². The molecule has 0 aromatic carbocycles. The van der Waals surface area contributed by atoms with Crippen molar-refractivity contribution >= 4 is 0 Å². The van der Waals surface area contributed by atoms with E-state index in [4.69, 9.17) is 4.74 Å². The summed E-state index contributed by atoms with van der Waals surface area (Å²) in [4.78, 5) is 5.48. The van der Waals surface area contributed by atoms with Gasteiger partial charge in [-0.2, -0.15) is 0 Å². The molecule has 0 aliphatic carbocycles. The summed E-state index contributed by atoms with van der Waals surface area (Å²) in [6.45, 7) is 12.9. The van der Waals surface area contributed by atoms with E-state index in [2.05, 4.69) is 22.0 Å². The highest BCUT2D eigenvalue weighted by Gasteiger charge is 2.37. The topological polar surface area (TPSA) is 27.7 Å². The number of hydrogen-bond donors (Lipinski definition) is 1. The van der Waals surface area contributed by atoms with Crippen molar-refractivity contribution in [1.82, 2.24) is 15.1 Å². The van der Waals surface area contributed by atoms with Gasteiger partial charge in [0.15, 0.2) is 0 Å². The molecule has 0 spiro atoms. The van der Waals surface area contributed by atoms with Gasteiger partial charge in [0.1, 0.15) is 0 Å². The molecule has 0 radical (unpaired) electrons. The van der Waals surface area contributed by atoms with Crippen LogP contribution in [0.3, 0.4) is 0 Å². The molecular weight excluding hydrogens is 262 g/mol. The maximum atomic E-state index is 5.62. The molecule has 0 saturated carbocycles. The Morgan fingerprint density at radius 2 is 1.90 bits per heavy atom. The van der Waals surface area contributed by atoms with Crippen LogP contribution in [0, 0.1) is 5.41 Å². The molecule has 3 heterocycles. The standard InChI is InChI=1S/C17H33N3O/c1-2-18-14-17(6-11-21-12-7-17)15-19-10-5-16(13-19)20-8-3-4-9-20/h16,18H,2-15H2,1H3. The van der Waals surface area contributed by atoms with Crippen LogP contribution in [0.1, 0.15) is 39.0 Å². The first-order valence-electron chi connectivity index (χ1n) is 9.06. The molecule has 0 aromatic rings. The maximum Gasteiger partial charge on any atom is 0.0472 e. The number of hydrogen-bond acceptors (Lipinski definition) is 4. The third-order valence-electron chi connectivity index (χ3n) is 5.77. The second-order valence-corrected chi connectivity index (χ2v) is 7.31. The van der Waals surface area contributed by atoms with Gasteiger partial charge < -0.3 is 15.0 Å². The summed E-state index contributed by atoms with van der Waals surface area (Å²) in [6.07, 6.45) is 6.67. The van der Waals surface area contributed by atoms with Crippen molar-refractivity contribution in [2.45, 2.75) is 45.1 Å². The summed E-state index contributed by atoms with van der Waals surface area (Å²) in [5.41, 5.74) is 0.453. The van der Waals surface area contributed by atoms with Crippen LogP contribution in [0.15, 0.2) is 0 Å². The Morgan fingerprint density at radius 1 is 1.14 bits per heavy atom. The Bertz CT molecular complexity index is 311. The Hall–Kier alpha value is -0.160. The molecule has 3 aliphatic rings. The van der Waals surface area contributed by atoms with Crippen molar-refractivity contribution in [1.29, 1.82) is 0 Å². The molecule has 4 nitrogen and oxygen atoms in total. The predicted molar refractivity (Wildman–Crippen MR) is 86.7 cm³/mol. The Balaban J connectivity index is 1.53. The van der Waals surface area contributed by atoms with Gasteiger partial charge in [0.25, 0.3) is 0 Å². The smallest absolute Gasteiger partial charge is 0.0472 e. The van der Waals surface area contributed by atoms with E-state index in [-0.39, 0.29) is 0 Å². The molecule has 1 unspecified atom stereocenters. The quantitative estimate of drug-likeness (QED) is 0.805. The molecule has 3 fully saturated rings. The van der Waals surface area contributed by atoms with E-state index >= 15 is 0 Å². The Morgan fingerprint density at radius 3 is 2.62 bits per heavy atom. The van der Waals surface area contributed by atoms with Crippen molar-refractivity contribution in [2.24, 2.45) is 5.41 Å². The molecule has 0 aromatic heterocycles. The van der Waals surface area contributed by atoms with Crippen LogP contribution in [-0.2, 0) is 4.74 Å². The molecule has 3 rings (SSSR count). The van der Waals surface area contributed by atoms with Crippen molar-refractivity contribution in [2.75, 3.05) is 59.0 Å². The molecular formula is C17H33N3O. The van der Waals surface area contributed by atoms with Crippen molar-refractivity contribution in [3.05, 3.63) is 0 Å². The van der Waals surface area contributed by atoms with Gasteiger partial charge >= 0.3 is 0 Å². The van der Waals surface area contributed by atoms with Gasteiger partial charge in [-0.15, -0.1) is 0 Å². The fourth-order valence-corrected chi connectivity index (χ4v) is 4.42. The monoisotopic (exact) mass is 295 g/mol. The summed E-state index contributed by atoms with van der Waals surface area (Å²) in [6, 6.07) is 0.837. The maximum absolute atomic E-state index is 5.62. The van der Waals surface area contributed by atoms with Crippen LogP contribution in [-0.4, -0.2) is 74.9 Å². The molecule has 0 amide bonds. The zero-order chi connectivity index (χ0) is 14.5. The summed E-state index contributed by atoms with van der Waals surface area (Å²) < 4.78 is 5.62. The van der Waals surface area contributed by atoms with E-state index in [0.29, 0.717) is 5.41 Å². The average molecular weight is 295 g/mol. The van der Waals surface area contributed by atoms with Crippen LogP contribution in [0.4, 0.5) is 0 Å². The van der Waals surface area contributed by atoms with Gasteiger partial charge in [-0.1, -0.05) is 6.92 Å². The first-order chi connectivity index (χ1) is 10.3. The van der Waals surface area contributed by atoms with E-state index in [0.717, 1.165) is 32.3 Å². The zero-order valence-electron chi connectivity index (χ0n) is 13.8. The lowest BCUT2D eigenvalue weighted by Crippen LogP contribution is -2.47. The highest BCUT2D eigenvalue weighted by Crippen LogP contribution is 2.33. The lowest BCUT2D eigenvalue weighted by Gasteiger charge is -2.40. The number of ether oxygens (including phenoxy) is 1. The van der Waals surface area contributed by atoms with E-state index in [9.17, 15) is 0 Å². The van der Waals surface area contributed by atoms with Crippen LogP contribution in [0.25, 0.3) is 0 Å². The number of likely N-dealkylation sites (tertiary alicyclic amines) is 2. The lowest BCUT2D eigenvalue weighted by molar-refractivity contribution is -0.00154. The highest BCUT2D eigenvalue weighted by molar-refractivity contribution is 4.92. The molecule has 3 saturated heterocycles. The minimum absolute atomic E-state index is 0.453. The van der Waals surface area contributed by atoms with Gasteiger partial charge in [0.05, 0.1) is 0 Å². The number of rotatable bonds is 6. The van der Waals surface area contributed by atoms with Crippen molar-refractivity contribution in [3.63, 3.8) is 0 Å². The SMILES string of the molecule is CCNCC1(CN2CCC(N3CCCC3)C2)CCOCC1. The summed E-state index contributed by atoms with van der Waals surface area (Å²) in [7, 11) is 0. The third kappa shape index (κ3) is 3.98. The van der Waals surface area contributed by atoms with Gasteiger partial charge in [-0.05, 0) is 63.7 Å². The largest absolute Gasteiger partial charge is 0.381 e. The fraction of sp³-hybridized carbons (Fsp3) is 1.00. The third-order valence-corrected chi connectivity index (χ3v) is 5.77. The first-order valence-corrected chi connectivity index (χ1v) is 9.06. The number of nitrogens with zero attached hydrogens (tertiary/aromatic N) is 2. The zero-order valence-corrected chi connectivity index (χ0v) is 13.8. The molecule has 21 heavy (non-hydrogen) atoms. The second-order valence-electron chi connectivity index (χ2n) is 7.31. The van der Waals surface area contributed by atoms with Crippen LogP contribution < -0.4 is 5.32 Å². The Labute approximate surface area is 130 Å². The summed E-state index contributed by atoms with van der Waals surface area (Å²) in [5.74, 6) is 0. The van der Waals surface area contributed by atoms with Gasteiger partial charge in [-0.25, -0.2) is 0 Å². The number of nitrogens with one attached hydrogen (secondary N) is 1. The van der Waals surface area contributed by atoms with Crippen molar-refractivity contribution in [3.8, 4) is 0 Å². The predicted octanol–water partition coefficient (Wildman–Crippen LogP) is 1.56. The fourth-order valence-electron chi connectivity index (χ4n) is 4.42. The molecule has 1 atom stereocenters. The summed E-state index contributed by atoms with van der Waals surface area (Å²) >= 11 is 0. The highest BCUT2D eigenvalue weighted by atomic mass is 16.5. The molecule has 122 valence electrons. The average Bonchev–Trinajstić information content (AvgIpc) is 3.17. The molecule has 0 bridgehead atoms. The minimum atomic E-state index is 0.453. The van der Waals surface area contributed by atoms with E-state index < -0.39 is 0 Å². The molecule has 1 N–H and O–H groups in total. The Kier molecular flexibility index (Phi) is 5.54. The van der Waals surface area contributed by atoms with Gasteiger partial charge in [0, 0.05) is 38.9 Å². The second kappa shape index (κ2) is 7.40. The van der Waals surface area contributed by atoms with Crippen LogP contribution >= 0.6 is 0 Å². The van der Waals surface area contributed by atoms with Crippen molar-refractivity contribution < 1.29 is 4.74 Å². The molecule has 3 aliphatic heterocycles. The van der Waals surface area contributed by atoms with Crippen LogP contribution in [0.2, 0.25) is 0 Å². The van der Waals surface area contributed by atoms with E-state index in [1.165, 1.54) is 64.8 Å². The first kappa shape index (κ1) is 15.7. The van der Waals surface area contributed by atoms with E-state index in [1.54, 1.807) is 0 Å². The normalized spacial score (nSPS) is 31.0.